The van der Waals surface area contributed by atoms with Gasteiger partial charge in [-0.15, -0.1) is 11.3 Å². The summed E-state index contributed by atoms with van der Waals surface area (Å²) < 4.78 is 3.03. The van der Waals surface area contributed by atoms with Crippen molar-refractivity contribution in [3.63, 3.8) is 0 Å². The van der Waals surface area contributed by atoms with Gasteiger partial charge in [0.1, 0.15) is 0 Å². The van der Waals surface area contributed by atoms with Crippen molar-refractivity contribution in [1.29, 1.82) is 0 Å². The summed E-state index contributed by atoms with van der Waals surface area (Å²) in [5.74, 6) is 0.146. The second kappa shape index (κ2) is 5.59. The lowest BCUT2D eigenvalue weighted by molar-refractivity contribution is 0.0995. The number of ketones is 1. The fourth-order valence-electron chi connectivity index (χ4n) is 2.56. The minimum absolute atomic E-state index is 0.146. The lowest BCUT2D eigenvalue weighted by Gasteiger charge is -2.08. The number of halogens is 1. The summed E-state index contributed by atoms with van der Waals surface area (Å²) >= 11 is 4.86. The number of nitrogens with zero attached hydrogens (tertiary/aromatic N) is 2. The van der Waals surface area contributed by atoms with Crippen LogP contribution in [0.25, 0.3) is 0 Å². The number of carbonyl (C=O) groups excluding carboxylic acids is 1. The SMILES string of the molecule is O=C(Cc1ccn(C2CCCC2)n1)c1ccc(Br)s1. The predicted molar refractivity (Wildman–Crippen MR) is 79.8 cm³/mol. The van der Waals surface area contributed by atoms with Crippen LogP contribution in [0.3, 0.4) is 0 Å². The third kappa shape index (κ3) is 2.98. The van der Waals surface area contributed by atoms with E-state index in [0.29, 0.717) is 12.5 Å². The van der Waals surface area contributed by atoms with E-state index in [1.54, 1.807) is 0 Å². The van der Waals surface area contributed by atoms with Crippen LogP contribution in [0.1, 0.15) is 47.1 Å². The van der Waals surface area contributed by atoms with Crippen molar-refractivity contribution < 1.29 is 4.79 Å². The Hall–Kier alpha value is -0.940. The van der Waals surface area contributed by atoms with Crippen molar-refractivity contribution in [1.82, 2.24) is 9.78 Å². The number of rotatable bonds is 4. The van der Waals surface area contributed by atoms with Gasteiger partial charge in [-0.25, -0.2) is 0 Å². The summed E-state index contributed by atoms with van der Waals surface area (Å²) in [5, 5.41) is 4.55. The second-order valence-corrected chi connectivity index (χ2v) is 7.39. The van der Waals surface area contributed by atoms with Crippen LogP contribution >= 0.6 is 27.3 Å². The Morgan fingerprint density at radius 1 is 1.37 bits per heavy atom. The highest BCUT2D eigenvalue weighted by Gasteiger charge is 2.18. The minimum atomic E-state index is 0.146. The lowest BCUT2D eigenvalue weighted by atomic mass is 10.2. The van der Waals surface area contributed by atoms with E-state index in [0.717, 1.165) is 14.4 Å². The van der Waals surface area contributed by atoms with E-state index in [2.05, 4.69) is 21.0 Å². The Balaban J connectivity index is 1.68. The van der Waals surface area contributed by atoms with E-state index >= 15 is 0 Å². The first-order valence-electron chi connectivity index (χ1n) is 6.55. The van der Waals surface area contributed by atoms with Crippen LogP contribution < -0.4 is 0 Å². The molecule has 0 amide bonds. The molecule has 1 aliphatic carbocycles. The lowest BCUT2D eigenvalue weighted by Crippen LogP contribution is -2.07. The zero-order chi connectivity index (χ0) is 13.2. The quantitative estimate of drug-likeness (QED) is 0.781. The highest BCUT2D eigenvalue weighted by molar-refractivity contribution is 9.11. The summed E-state index contributed by atoms with van der Waals surface area (Å²) in [7, 11) is 0. The summed E-state index contributed by atoms with van der Waals surface area (Å²) in [6, 6.07) is 6.29. The van der Waals surface area contributed by atoms with Crippen LogP contribution in [0, 0.1) is 0 Å². The van der Waals surface area contributed by atoms with E-state index < -0.39 is 0 Å². The first-order valence-corrected chi connectivity index (χ1v) is 8.16. The molecular formula is C14H15BrN2OS. The molecule has 19 heavy (non-hydrogen) atoms. The van der Waals surface area contributed by atoms with Gasteiger partial charge in [-0.3, -0.25) is 9.48 Å². The van der Waals surface area contributed by atoms with Crippen LogP contribution in [0.5, 0.6) is 0 Å². The monoisotopic (exact) mass is 338 g/mol. The molecule has 0 saturated heterocycles. The molecule has 0 spiro atoms. The van der Waals surface area contributed by atoms with Gasteiger partial charge < -0.3 is 0 Å². The molecular weight excluding hydrogens is 324 g/mol. The van der Waals surface area contributed by atoms with Crippen LogP contribution in [0.4, 0.5) is 0 Å². The topological polar surface area (TPSA) is 34.9 Å². The number of thiophene rings is 1. The van der Waals surface area contributed by atoms with Crippen molar-refractivity contribution in [2.75, 3.05) is 0 Å². The van der Waals surface area contributed by atoms with Gasteiger partial charge in [0.25, 0.3) is 0 Å². The Bertz CT molecular complexity index is 584. The highest BCUT2D eigenvalue weighted by atomic mass is 79.9. The average molecular weight is 339 g/mol. The molecule has 0 unspecified atom stereocenters. The number of aromatic nitrogens is 2. The van der Waals surface area contributed by atoms with Crippen molar-refractivity contribution in [2.24, 2.45) is 0 Å². The Morgan fingerprint density at radius 3 is 2.84 bits per heavy atom. The maximum atomic E-state index is 12.1. The molecule has 3 rings (SSSR count). The molecule has 100 valence electrons. The van der Waals surface area contributed by atoms with E-state index in [9.17, 15) is 4.79 Å². The van der Waals surface area contributed by atoms with Crippen molar-refractivity contribution in [2.45, 2.75) is 38.1 Å². The standard InChI is InChI=1S/C14H15BrN2OS/c15-14-6-5-13(19-14)12(18)9-10-7-8-17(16-10)11-3-1-2-4-11/h5-8,11H,1-4,9H2. The Labute approximate surface area is 124 Å². The van der Waals surface area contributed by atoms with Crippen LogP contribution in [0.15, 0.2) is 28.2 Å². The molecule has 2 heterocycles. The Morgan fingerprint density at radius 2 is 2.16 bits per heavy atom. The fraction of sp³-hybridized carbons (Fsp3) is 0.429. The smallest absolute Gasteiger partial charge is 0.178 e. The van der Waals surface area contributed by atoms with Gasteiger partial charge in [0.05, 0.1) is 26.8 Å². The van der Waals surface area contributed by atoms with Crippen LogP contribution in [-0.4, -0.2) is 15.6 Å². The van der Waals surface area contributed by atoms with E-state index in [-0.39, 0.29) is 5.78 Å². The van der Waals surface area contributed by atoms with E-state index in [1.165, 1.54) is 37.0 Å². The van der Waals surface area contributed by atoms with Crippen LogP contribution in [0.2, 0.25) is 0 Å². The molecule has 1 fully saturated rings. The number of Topliss-reactive ketones (excluding diaryl/α,β-unsaturated/α-hetero) is 1. The molecule has 0 aromatic carbocycles. The van der Waals surface area contributed by atoms with E-state index in [1.807, 2.05) is 29.1 Å². The molecule has 2 aromatic heterocycles. The largest absolute Gasteiger partial charge is 0.293 e. The van der Waals surface area contributed by atoms with Crippen LogP contribution in [-0.2, 0) is 6.42 Å². The number of carbonyl (C=O) groups is 1. The summed E-state index contributed by atoms with van der Waals surface area (Å²) in [6.07, 6.45) is 7.43. The summed E-state index contributed by atoms with van der Waals surface area (Å²) in [6.45, 7) is 0. The van der Waals surface area contributed by atoms with Crippen molar-refractivity contribution in [3.8, 4) is 0 Å². The van der Waals surface area contributed by atoms with Crippen molar-refractivity contribution >= 4 is 33.0 Å². The zero-order valence-corrected chi connectivity index (χ0v) is 12.9. The number of hydrogen-bond donors (Lipinski definition) is 0. The molecule has 0 atom stereocenters. The third-order valence-corrected chi connectivity index (χ3v) is 5.22. The average Bonchev–Trinajstić information content (AvgIpc) is 3.07. The molecule has 0 bridgehead atoms. The predicted octanol–water partition coefficient (Wildman–Crippen LogP) is 4.25. The summed E-state index contributed by atoms with van der Waals surface area (Å²) in [5.41, 5.74) is 0.876. The zero-order valence-electron chi connectivity index (χ0n) is 10.5. The molecule has 0 aliphatic heterocycles. The number of hydrogen-bond acceptors (Lipinski definition) is 3. The van der Waals surface area contributed by atoms with Crippen molar-refractivity contribution in [3.05, 3.63) is 38.8 Å². The molecule has 2 aromatic rings. The highest BCUT2D eigenvalue weighted by Crippen LogP contribution is 2.29. The normalized spacial score (nSPS) is 16.1. The maximum Gasteiger partial charge on any atom is 0.178 e. The van der Waals surface area contributed by atoms with Gasteiger partial charge >= 0.3 is 0 Å². The Kier molecular flexibility index (Phi) is 3.84. The van der Waals surface area contributed by atoms with Gasteiger partial charge in [0.2, 0.25) is 0 Å². The molecule has 1 aliphatic rings. The molecule has 0 N–H and O–H groups in total. The van der Waals surface area contributed by atoms with Gasteiger partial charge in [-0.2, -0.15) is 5.10 Å². The molecule has 5 heteroatoms. The first kappa shape index (κ1) is 13.1. The first-order chi connectivity index (χ1) is 9.22. The van der Waals surface area contributed by atoms with Gasteiger partial charge in [-0.1, -0.05) is 12.8 Å². The van der Waals surface area contributed by atoms with E-state index in [4.69, 9.17) is 0 Å². The second-order valence-electron chi connectivity index (χ2n) is 4.93. The third-order valence-electron chi connectivity index (χ3n) is 3.55. The molecule has 1 saturated carbocycles. The van der Waals surface area contributed by atoms with Gasteiger partial charge in [0.15, 0.2) is 5.78 Å². The minimum Gasteiger partial charge on any atom is -0.293 e. The van der Waals surface area contributed by atoms with Gasteiger partial charge in [0, 0.05) is 6.20 Å². The van der Waals surface area contributed by atoms with Gasteiger partial charge in [-0.05, 0) is 47.0 Å². The fourth-order valence-corrected chi connectivity index (χ4v) is 3.88. The summed E-state index contributed by atoms with van der Waals surface area (Å²) in [4.78, 5) is 12.9. The molecule has 0 radical (unpaired) electrons. The molecule has 3 nitrogen and oxygen atoms in total. The maximum absolute atomic E-state index is 12.1.